The first-order valence-corrected chi connectivity index (χ1v) is 6.51. The minimum atomic E-state index is -0.401. The van der Waals surface area contributed by atoms with Crippen molar-refractivity contribution >= 4 is 0 Å². The molecule has 17 heavy (non-hydrogen) atoms. The fourth-order valence-electron chi connectivity index (χ4n) is 2.03. The van der Waals surface area contributed by atoms with Gasteiger partial charge in [-0.05, 0) is 25.5 Å². The number of methoxy groups -OCH3 is 1. The molecule has 0 aliphatic rings. The summed E-state index contributed by atoms with van der Waals surface area (Å²) < 4.78 is 5.29. The van der Waals surface area contributed by atoms with Crippen LogP contribution in [0.15, 0.2) is 18.2 Å². The van der Waals surface area contributed by atoms with Gasteiger partial charge < -0.3 is 9.84 Å². The van der Waals surface area contributed by atoms with E-state index in [1.165, 1.54) is 19.3 Å². The Hall–Kier alpha value is -1.02. The summed E-state index contributed by atoms with van der Waals surface area (Å²) in [4.78, 5) is 0. The molecule has 0 amide bonds. The van der Waals surface area contributed by atoms with Crippen LogP contribution in [-0.2, 0) is 0 Å². The summed E-state index contributed by atoms with van der Waals surface area (Å²) in [6, 6.07) is 5.95. The molecular weight excluding hydrogens is 212 g/mol. The zero-order valence-electron chi connectivity index (χ0n) is 11.2. The molecule has 0 aromatic heterocycles. The highest BCUT2D eigenvalue weighted by atomic mass is 16.5. The molecule has 1 rings (SSSR count). The van der Waals surface area contributed by atoms with Gasteiger partial charge in [0.25, 0.3) is 0 Å². The van der Waals surface area contributed by atoms with Crippen LogP contribution in [0.5, 0.6) is 5.75 Å². The number of ether oxygens (including phenoxy) is 1. The molecule has 0 aliphatic heterocycles. The van der Waals surface area contributed by atoms with E-state index in [4.69, 9.17) is 4.74 Å². The van der Waals surface area contributed by atoms with Crippen LogP contribution in [-0.4, -0.2) is 12.2 Å². The number of hydrogen-bond acceptors (Lipinski definition) is 2. The molecule has 1 aromatic rings. The Balaban J connectivity index is 2.60. The summed E-state index contributed by atoms with van der Waals surface area (Å²) in [5.41, 5.74) is 2.08. The van der Waals surface area contributed by atoms with Gasteiger partial charge in [-0.15, -0.1) is 0 Å². The van der Waals surface area contributed by atoms with E-state index in [0.717, 1.165) is 29.7 Å². The van der Waals surface area contributed by atoms with Gasteiger partial charge in [-0.3, -0.25) is 0 Å². The Morgan fingerprint density at radius 1 is 1.24 bits per heavy atom. The van der Waals surface area contributed by atoms with Crippen molar-refractivity contribution in [3.05, 3.63) is 29.3 Å². The standard InChI is InChI=1S/C15H24O2/c1-4-5-6-7-8-14(16)13-11-12(2)9-10-15(13)17-3/h9-11,14,16H,4-8H2,1-3H3. The third-order valence-electron chi connectivity index (χ3n) is 3.08. The van der Waals surface area contributed by atoms with Crippen molar-refractivity contribution in [1.82, 2.24) is 0 Å². The van der Waals surface area contributed by atoms with Crippen molar-refractivity contribution in [1.29, 1.82) is 0 Å². The Bertz CT molecular complexity index is 334. The highest BCUT2D eigenvalue weighted by Gasteiger charge is 2.12. The Labute approximate surface area is 105 Å². The van der Waals surface area contributed by atoms with Crippen LogP contribution in [0, 0.1) is 6.92 Å². The summed E-state index contributed by atoms with van der Waals surface area (Å²) in [6.07, 6.45) is 5.16. The molecule has 96 valence electrons. The first-order valence-electron chi connectivity index (χ1n) is 6.51. The Morgan fingerprint density at radius 3 is 2.65 bits per heavy atom. The molecule has 0 heterocycles. The van der Waals surface area contributed by atoms with Crippen molar-refractivity contribution in [2.75, 3.05) is 7.11 Å². The smallest absolute Gasteiger partial charge is 0.124 e. The lowest BCUT2D eigenvalue weighted by molar-refractivity contribution is 0.159. The van der Waals surface area contributed by atoms with Crippen molar-refractivity contribution in [2.24, 2.45) is 0 Å². The average Bonchev–Trinajstić information content (AvgIpc) is 2.34. The Morgan fingerprint density at radius 2 is 2.00 bits per heavy atom. The zero-order valence-corrected chi connectivity index (χ0v) is 11.2. The summed E-state index contributed by atoms with van der Waals surface area (Å²) in [6.45, 7) is 4.23. The summed E-state index contributed by atoms with van der Waals surface area (Å²) in [7, 11) is 1.65. The number of aliphatic hydroxyl groups excluding tert-OH is 1. The molecule has 0 saturated heterocycles. The summed E-state index contributed by atoms with van der Waals surface area (Å²) >= 11 is 0. The van der Waals surface area contributed by atoms with E-state index in [2.05, 4.69) is 6.92 Å². The van der Waals surface area contributed by atoms with Gasteiger partial charge in [0.05, 0.1) is 13.2 Å². The van der Waals surface area contributed by atoms with E-state index in [-0.39, 0.29) is 0 Å². The molecule has 0 fully saturated rings. The van der Waals surface area contributed by atoms with Gasteiger partial charge in [0.2, 0.25) is 0 Å². The van der Waals surface area contributed by atoms with Crippen LogP contribution in [0.3, 0.4) is 0 Å². The second-order valence-corrected chi connectivity index (χ2v) is 4.61. The quantitative estimate of drug-likeness (QED) is 0.725. The van der Waals surface area contributed by atoms with Gasteiger partial charge in [0.15, 0.2) is 0 Å². The predicted molar refractivity (Wildman–Crippen MR) is 71.4 cm³/mol. The van der Waals surface area contributed by atoms with Gasteiger partial charge in [-0.2, -0.15) is 0 Å². The van der Waals surface area contributed by atoms with Gasteiger partial charge in [0, 0.05) is 5.56 Å². The van der Waals surface area contributed by atoms with E-state index < -0.39 is 6.10 Å². The van der Waals surface area contributed by atoms with Gasteiger partial charge in [-0.1, -0.05) is 44.2 Å². The highest BCUT2D eigenvalue weighted by molar-refractivity contribution is 5.38. The largest absolute Gasteiger partial charge is 0.496 e. The number of aliphatic hydroxyl groups is 1. The second-order valence-electron chi connectivity index (χ2n) is 4.61. The fourth-order valence-corrected chi connectivity index (χ4v) is 2.03. The topological polar surface area (TPSA) is 29.5 Å². The molecule has 1 N–H and O–H groups in total. The van der Waals surface area contributed by atoms with Gasteiger partial charge >= 0.3 is 0 Å². The Kier molecular flexibility index (Phi) is 6.06. The lowest BCUT2D eigenvalue weighted by Crippen LogP contribution is -2.01. The third kappa shape index (κ3) is 4.39. The number of aryl methyl sites for hydroxylation is 1. The first kappa shape index (κ1) is 14.0. The van der Waals surface area contributed by atoms with E-state index in [1.54, 1.807) is 7.11 Å². The molecule has 0 saturated carbocycles. The van der Waals surface area contributed by atoms with Crippen LogP contribution in [0.4, 0.5) is 0 Å². The van der Waals surface area contributed by atoms with Crippen LogP contribution >= 0.6 is 0 Å². The number of rotatable bonds is 7. The maximum absolute atomic E-state index is 10.2. The molecule has 1 aromatic carbocycles. The molecule has 1 atom stereocenters. The first-order chi connectivity index (χ1) is 8.19. The number of benzene rings is 1. The maximum Gasteiger partial charge on any atom is 0.124 e. The normalized spacial score (nSPS) is 12.5. The lowest BCUT2D eigenvalue weighted by atomic mass is 10.00. The summed E-state index contributed by atoms with van der Waals surface area (Å²) in [5.74, 6) is 0.790. The van der Waals surface area contributed by atoms with E-state index >= 15 is 0 Å². The minimum Gasteiger partial charge on any atom is -0.496 e. The molecule has 0 aliphatic carbocycles. The van der Waals surface area contributed by atoms with E-state index in [1.807, 2.05) is 25.1 Å². The molecule has 0 spiro atoms. The van der Waals surface area contributed by atoms with Crippen LogP contribution in [0.25, 0.3) is 0 Å². The predicted octanol–water partition coefficient (Wildman–Crippen LogP) is 4.01. The fraction of sp³-hybridized carbons (Fsp3) is 0.600. The molecule has 2 heteroatoms. The van der Waals surface area contributed by atoms with Gasteiger partial charge in [0.1, 0.15) is 5.75 Å². The zero-order chi connectivity index (χ0) is 12.7. The second kappa shape index (κ2) is 7.33. The van der Waals surface area contributed by atoms with Crippen LogP contribution in [0.2, 0.25) is 0 Å². The molecular formula is C15H24O2. The maximum atomic E-state index is 10.2. The van der Waals surface area contributed by atoms with Crippen molar-refractivity contribution in [3.8, 4) is 5.75 Å². The molecule has 0 radical (unpaired) electrons. The molecule has 0 bridgehead atoms. The van der Waals surface area contributed by atoms with Crippen molar-refractivity contribution in [3.63, 3.8) is 0 Å². The van der Waals surface area contributed by atoms with Crippen LogP contribution in [0.1, 0.15) is 56.3 Å². The summed E-state index contributed by atoms with van der Waals surface area (Å²) in [5, 5.41) is 10.2. The number of unbranched alkanes of at least 4 members (excludes halogenated alkanes) is 3. The average molecular weight is 236 g/mol. The molecule has 2 nitrogen and oxygen atoms in total. The lowest BCUT2D eigenvalue weighted by Gasteiger charge is -2.15. The minimum absolute atomic E-state index is 0.401. The monoisotopic (exact) mass is 236 g/mol. The SMILES string of the molecule is CCCCCCC(O)c1cc(C)ccc1OC. The molecule has 1 unspecified atom stereocenters. The van der Waals surface area contributed by atoms with Crippen molar-refractivity contribution in [2.45, 2.75) is 52.1 Å². The van der Waals surface area contributed by atoms with Crippen LogP contribution < -0.4 is 4.74 Å². The van der Waals surface area contributed by atoms with Gasteiger partial charge in [-0.25, -0.2) is 0 Å². The number of hydrogen-bond donors (Lipinski definition) is 1. The van der Waals surface area contributed by atoms with E-state index in [9.17, 15) is 5.11 Å². The van der Waals surface area contributed by atoms with E-state index in [0.29, 0.717) is 0 Å². The highest BCUT2D eigenvalue weighted by Crippen LogP contribution is 2.29. The van der Waals surface area contributed by atoms with Crippen molar-refractivity contribution < 1.29 is 9.84 Å². The third-order valence-corrected chi connectivity index (χ3v) is 3.08.